The summed E-state index contributed by atoms with van der Waals surface area (Å²) in [6.07, 6.45) is 10.2. The summed E-state index contributed by atoms with van der Waals surface area (Å²) in [6, 6.07) is 0. The van der Waals surface area contributed by atoms with Crippen LogP contribution >= 0.6 is 0 Å². The van der Waals surface area contributed by atoms with Gasteiger partial charge in [-0.15, -0.1) is 10.2 Å². The first-order valence-electron chi connectivity index (χ1n) is 5.20. The molecule has 0 saturated heterocycles. The van der Waals surface area contributed by atoms with E-state index >= 15 is 0 Å². The second-order valence-electron chi connectivity index (χ2n) is 5.28. The molecule has 1 aliphatic rings. The number of fused-ring (bicyclic) bond motifs is 1. The highest BCUT2D eigenvalue weighted by Gasteiger charge is 2.33. The van der Waals surface area contributed by atoms with E-state index in [2.05, 4.69) is 50.0 Å². The molecule has 0 bridgehead atoms. The smallest absolute Gasteiger partial charge is 0.160 e. The van der Waals surface area contributed by atoms with Gasteiger partial charge >= 0.3 is 0 Å². The van der Waals surface area contributed by atoms with Crippen LogP contribution in [-0.4, -0.2) is 14.8 Å². The Morgan fingerprint density at radius 1 is 1.27 bits per heavy atom. The van der Waals surface area contributed by atoms with Crippen LogP contribution in [0.15, 0.2) is 18.5 Å². The third-order valence-electron chi connectivity index (χ3n) is 3.38. The molecule has 3 heteroatoms. The van der Waals surface area contributed by atoms with Gasteiger partial charge in [0.25, 0.3) is 0 Å². The zero-order valence-corrected chi connectivity index (χ0v) is 9.73. The van der Waals surface area contributed by atoms with Crippen LogP contribution in [-0.2, 0) is 0 Å². The van der Waals surface area contributed by atoms with Crippen molar-refractivity contribution in [3.63, 3.8) is 0 Å². The summed E-state index contributed by atoms with van der Waals surface area (Å²) in [5.74, 6) is 0.888. The molecule has 0 N–H and O–H groups in total. The van der Waals surface area contributed by atoms with Crippen LogP contribution in [0.25, 0.3) is 12.3 Å². The van der Waals surface area contributed by atoms with Crippen LogP contribution in [0.5, 0.6) is 0 Å². The molecule has 1 aromatic rings. The van der Waals surface area contributed by atoms with Crippen LogP contribution in [0.1, 0.15) is 33.5 Å². The second-order valence-corrected chi connectivity index (χ2v) is 5.28. The van der Waals surface area contributed by atoms with Gasteiger partial charge < -0.3 is 0 Å². The lowest BCUT2D eigenvalue weighted by Crippen LogP contribution is -2.28. The summed E-state index contributed by atoms with van der Waals surface area (Å²) >= 11 is 0. The van der Waals surface area contributed by atoms with Crippen LogP contribution in [0.4, 0.5) is 0 Å². The third-order valence-corrected chi connectivity index (χ3v) is 3.38. The summed E-state index contributed by atoms with van der Waals surface area (Å²) in [4.78, 5) is 0. The Balaban J connectivity index is 2.45. The fourth-order valence-electron chi connectivity index (χ4n) is 1.52. The van der Waals surface area contributed by atoms with Crippen LogP contribution in [0.2, 0.25) is 0 Å². The van der Waals surface area contributed by atoms with E-state index in [1.807, 2.05) is 16.8 Å². The van der Waals surface area contributed by atoms with Gasteiger partial charge in [0, 0.05) is 11.6 Å². The van der Waals surface area contributed by atoms with E-state index in [9.17, 15) is 0 Å². The molecule has 1 atom stereocenters. The average Bonchev–Trinajstić information content (AvgIpc) is 2.51. The molecule has 0 aromatic carbocycles. The third kappa shape index (κ3) is 1.62. The Morgan fingerprint density at radius 3 is 2.67 bits per heavy atom. The first-order valence-corrected chi connectivity index (χ1v) is 5.20. The molecule has 1 aromatic heterocycles. The van der Waals surface area contributed by atoms with Crippen molar-refractivity contribution in [2.24, 2.45) is 10.8 Å². The van der Waals surface area contributed by atoms with E-state index in [0.29, 0.717) is 0 Å². The molecule has 0 spiro atoms. The van der Waals surface area contributed by atoms with Gasteiger partial charge in [0.2, 0.25) is 0 Å². The lowest BCUT2D eigenvalue weighted by atomic mass is 9.68. The fourth-order valence-corrected chi connectivity index (χ4v) is 1.52. The first kappa shape index (κ1) is 10.1. The SMILES string of the molecule is CC(C)(C)C1(C)C=Cc2nncn2C=C1. The molecule has 1 aliphatic heterocycles. The maximum absolute atomic E-state index is 4.04. The molecule has 15 heavy (non-hydrogen) atoms. The summed E-state index contributed by atoms with van der Waals surface area (Å²) < 4.78 is 1.94. The molecule has 0 saturated carbocycles. The van der Waals surface area contributed by atoms with Gasteiger partial charge in [0.1, 0.15) is 6.33 Å². The van der Waals surface area contributed by atoms with Gasteiger partial charge in [-0.2, -0.15) is 0 Å². The van der Waals surface area contributed by atoms with Crippen LogP contribution in [0.3, 0.4) is 0 Å². The van der Waals surface area contributed by atoms with E-state index in [0.717, 1.165) is 5.82 Å². The van der Waals surface area contributed by atoms with E-state index in [1.54, 1.807) is 6.33 Å². The average molecular weight is 203 g/mol. The quantitative estimate of drug-likeness (QED) is 0.649. The molecule has 2 rings (SSSR count). The van der Waals surface area contributed by atoms with Crippen LogP contribution < -0.4 is 0 Å². The molecule has 3 nitrogen and oxygen atoms in total. The largest absolute Gasteiger partial charge is 0.289 e. The van der Waals surface area contributed by atoms with Crippen molar-refractivity contribution in [3.05, 3.63) is 24.3 Å². The maximum atomic E-state index is 4.04. The molecule has 0 aliphatic carbocycles. The highest BCUT2D eigenvalue weighted by Crippen LogP contribution is 2.42. The van der Waals surface area contributed by atoms with Crippen molar-refractivity contribution in [1.29, 1.82) is 0 Å². The summed E-state index contributed by atoms with van der Waals surface area (Å²) in [5.41, 5.74) is 0.241. The van der Waals surface area contributed by atoms with Crippen molar-refractivity contribution in [3.8, 4) is 0 Å². The standard InChI is InChI=1S/C12H17N3/c1-11(2,3)12(4)6-5-10-14-13-9-15(10)8-7-12/h5-9H,1-4H3. The Hall–Kier alpha value is -1.38. The Labute approximate surface area is 90.5 Å². The number of nitrogens with zero attached hydrogens (tertiary/aromatic N) is 3. The van der Waals surface area contributed by atoms with Crippen molar-refractivity contribution in [1.82, 2.24) is 14.8 Å². The highest BCUT2D eigenvalue weighted by molar-refractivity contribution is 5.50. The van der Waals surface area contributed by atoms with E-state index in [1.165, 1.54) is 0 Å². The fraction of sp³-hybridized carbons (Fsp3) is 0.500. The zero-order chi connectivity index (χ0) is 11.1. The minimum absolute atomic E-state index is 0.0493. The monoisotopic (exact) mass is 203 g/mol. The van der Waals surface area contributed by atoms with E-state index in [4.69, 9.17) is 0 Å². The van der Waals surface area contributed by atoms with Gasteiger partial charge in [0.15, 0.2) is 5.82 Å². The number of allylic oxidation sites excluding steroid dienone is 2. The Bertz CT molecular complexity index is 390. The minimum atomic E-state index is 0.0493. The maximum Gasteiger partial charge on any atom is 0.160 e. The predicted molar refractivity (Wildman–Crippen MR) is 61.9 cm³/mol. The van der Waals surface area contributed by atoms with Crippen molar-refractivity contribution < 1.29 is 0 Å². The molecular formula is C12H17N3. The molecule has 80 valence electrons. The summed E-state index contributed by atoms with van der Waals surface area (Å²) in [5, 5.41) is 7.91. The predicted octanol–water partition coefficient (Wildman–Crippen LogP) is 2.83. The summed E-state index contributed by atoms with van der Waals surface area (Å²) in [6.45, 7) is 8.97. The van der Waals surface area contributed by atoms with Crippen LogP contribution in [0, 0.1) is 10.8 Å². The topological polar surface area (TPSA) is 30.7 Å². The highest BCUT2D eigenvalue weighted by atomic mass is 15.2. The zero-order valence-electron chi connectivity index (χ0n) is 9.73. The minimum Gasteiger partial charge on any atom is -0.289 e. The number of hydrogen-bond donors (Lipinski definition) is 0. The first-order chi connectivity index (χ1) is 6.92. The van der Waals surface area contributed by atoms with E-state index < -0.39 is 0 Å². The molecule has 2 heterocycles. The van der Waals surface area contributed by atoms with Crippen molar-refractivity contribution in [2.45, 2.75) is 27.7 Å². The number of rotatable bonds is 0. The van der Waals surface area contributed by atoms with Gasteiger partial charge in [-0.05, 0) is 11.5 Å². The van der Waals surface area contributed by atoms with Crippen molar-refractivity contribution in [2.75, 3.05) is 0 Å². The lowest BCUT2D eigenvalue weighted by molar-refractivity contribution is 0.230. The van der Waals surface area contributed by atoms with Gasteiger partial charge in [-0.3, -0.25) is 4.57 Å². The summed E-state index contributed by atoms with van der Waals surface area (Å²) in [7, 11) is 0. The Kier molecular flexibility index (Phi) is 2.07. The van der Waals surface area contributed by atoms with Crippen molar-refractivity contribution >= 4 is 12.3 Å². The van der Waals surface area contributed by atoms with Gasteiger partial charge in [-0.1, -0.05) is 39.8 Å². The molecular weight excluding hydrogens is 186 g/mol. The van der Waals surface area contributed by atoms with Gasteiger partial charge in [0.05, 0.1) is 0 Å². The lowest BCUT2D eigenvalue weighted by Gasteiger charge is -2.36. The molecule has 0 radical (unpaired) electrons. The molecule has 0 amide bonds. The second kappa shape index (κ2) is 3.05. The number of aromatic nitrogens is 3. The molecule has 0 fully saturated rings. The normalized spacial score (nSPS) is 25.1. The van der Waals surface area contributed by atoms with Gasteiger partial charge in [-0.25, -0.2) is 0 Å². The van der Waals surface area contributed by atoms with E-state index in [-0.39, 0.29) is 10.8 Å². The number of hydrogen-bond acceptors (Lipinski definition) is 2. The Morgan fingerprint density at radius 2 is 2.00 bits per heavy atom. The molecule has 1 unspecified atom stereocenters.